The Morgan fingerprint density at radius 2 is 2.00 bits per heavy atom. The number of hydrogen-bond donors (Lipinski definition) is 2. The van der Waals surface area contributed by atoms with Crippen molar-refractivity contribution < 1.29 is 32.9 Å². The van der Waals surface area contributed by atoms with E-state index in [2.05, 4.69) is 0 Å². The molecule has 2 aromatic rings. The molecule has 2 rings (SSSR count). The van der Waals surface area contributed by atoms with Gasteiger partial charge in [0.1, 0.15) is 12.4 Å². The molecule has 1 aromatic carbocycles. The first-order valence-electron chi connectivity index (χ1n) is 7.44. The SMILES string of the molecule is CCOC(=O)C[C@@H](c1ccc(F)c(F)c1)c1oc(CO)cc(=O)c1O. The molecule has 1 aromatic heterocycles. The number of aliphatic hydroxyl groups excluding tert-OH is 1. The van der Waals surface area contributed by atoms with Crippen LogP contribution in [0.25, 0.3) is 0 Å². The molecule has 0 aliphatic carbocycles. The van der Waals surface area contributed by atoms with Gasteiger partial charge < -0.3 is 19.4 Å². The molecule has 0 saturated heterocycles. The highest BCUT2D eigenvalue weighted by atomic mass is 19.2. The zero-order valence-corrected chi connectivity index (χ0v) is 13.3. The third-order valence-corrected chi connectivity index (χ3v) is 3.49. The van der Waals surface area contributed by atoms with Crippen molar-refractivity contribution in [3.8, 4) is 5.75 Å². The highest BCUT2D eigenvalue weighted by Gasteiger charge is 2.27. The molecule has 0 unspecified atom stereocenters. The van der Waals surface area contributed by atoms with Crippen LogP contribution in [0.1, 0.15) is 36.3 Å². The van der Waals surface area contributed by atoms with Crippen LogP contribution in [0.2, 0.25) is 0 Å². The predicted octanol–water partition coefficient (Wildman–Crippen LogP) is 2.20. The molecular formula is C17H16F2O6. The summed E-state index contributed by atoms with van der Waals surface area (Å²) >= 11 is 0. The van der Waals surface area contributed by atoms with E-state index in [-0.39, 0.29) is 30.1 Å². The largest absolute Gasteiger partial charge is 0.502 e. The normalized spacial score (nSPS) is 12.0. The maximum Gasteiger partial charge on any atom is 0.306 e. The number of carbonyl (C=O) groups is 1. The second-order valence-corrected chi connectivity index (χ2v) is 5.18. The molecule has 0 fully saturated rings. The van der Waals surface area contributed by atoms with Crippen molar-refractivity contribution in [3.05, 3.63) is 63.2 Å². The molecule has 0 aliphatic heterocycles. The summed E-state index contributed by atoms with van der Waals surface area (Å²) in [4.78, 5) is 23.7. The quantitative estimate of drug-likeness (QED) is 0.772. The van der Waals surface area contributed by atoms with E-state index in [0.29, 0.717) is 0 Å². The first-order valence-corrected chi connectivity index (χ1v) is 7.44. The summed E-state index contributed by atoms with van der Waals surface area (Å²) in [7, 11) is 0. The van der Waals surface area contributed by atoms with Crippen LogP contribution in [-0.2, 0) is 16.1 Å². The summed E-state index contributed by atoms with van der Waals surface area (Å²) in [6.45, 7) is 1.07. The number of ether oxygens (including phenoxy) is 1. The van der Waals surface area contributed by atoms with Gasteiger partial charge in [0.25, 0.3) is 0 Å². The summed E-state index contributed by atoms with van der Waals surface area (Å²) in [5.41, 5.74) is -0.734. The Hall–Kier alpha value is -2.74. The van der Waals surface area contributed by atoms with Crippen molar-refractivity contribution in [1.29, 1.82) is 0 Å². The summed E-state index contributed by atoms with van der Waals surface area (Å²) in [5.74, 6) is -5.30. The molecule has 1 atom stereocenters. The predicted molar refractivity (Wildman–Crippen MR) is 82.0 cm³/mol. The highest BCUT2D eigenvalue weighted by Crippen LogP contribution is 2.34. The smallest absolute Gasteiger partial charge is 0.306 e. The standard InChI is InChI=1S/C17H16F2O6/c1-2-24-15(22)7-11(9-3-4-12(18)13(19)5-9)17-16(23)14(21)6-10(8-20)25-17/h3-6,11,20,23H,2,7-8H2,1H3/t11-/m0/s1. The molecule has 0 bridgehead atoms. The van der Waals surface area contributed by atoms with Crippen LogP contribution >= 0.6 is 0 Å². The average molecular weight is 354 g/mol. The van der Waals surface area contributed by atoms with Gasteiger partial charge in [0, 0.05) is 6.07 Å². The molecule has 0 aliphatic rings. The molecule has 1 heterocycles. The number of aliphatic hydroxyl groups is 1. The van der Waals surface area contributed by atoms with Crippen LogP contribution < -0.4 is 5.43 Å². The van der Waals surface area contributed by atoms with E-state index in [0.717, 1.165) is 18.2 Å². The van der Waals surface area contributed by atoms with Gasteiger partial charge in [-0.05, 0) is 24.6 Å². The zero-order valence-electron chi connectivity index (χ0n) is 13.3. The minimum atomic E-state index is -1.16. The molecule has 0 saturated carbocycles. The molecule has 0 amide bonds. The molecular weight excluding hydrogens is 338 g/mol. The number of halogens is 2. The van der Waals surface area contributed by atoms with Crippen LogP contribution in [-0.4, -0.2) is 22.8 Å². The van der Waals surface area contributed by atoms with Crippen molar-refractivity contribution in [3.63, 3.8) is 0 Å². The van der Waals surface area contributed by atoms with Crippen molar-refractivity contribution in [2.75, 3.05) is 6.61 Å². The maximum atomic E-state index is 13.6. The van der Waals surface area contributed by atoms with E-state index in [1.807, 2.05) is 0 Å². The van der Waals surface area contributed by atoms with Crippen molar-refractivity contribution >= 4 is 5.97 Å². The van der Waals surface area contributed by atoms with E-state index >= 15 is 0 Å². The lowest BCUT2D eigenvalue weighted by Gasteiger charge is -2.17. The fourth-order valence-corrected chi connectivity index (χ4v) is 2.35. The molecule has 8 heteroatoms. The van der Waals surface area contributed by atoms with E-state index in [1.165, 1.54) is 6.07 Å². The minimum absolute atomic E-state index is 0.0932. The number of aromatic hydroxyl groups is 1. The van der Waals surface area contributed by atoms with Gasteiger partial charge in [0.2, 0.25) is 11.2 Å². The summed E-state index contributed by atoms with van der Waals surface area (Å²) < 4.78 is 36.9. The van der Waals surface area contributed by atoms with Gasteiger partial charge >= 0.3 is 5.97 Å². The molecule has 0 spiro atoms. The summed E-state index contributed by atoms with van der Waals surface area (Å²) in [5, 5.41) is 19.2. The van der Waals surface area contributed by atoms with Crippen molar-refractivity contribution in [2.45, 2.75) is 25.9 Å². The Bertz CT molecular complexity index is 830. The highest BCUT2D eigenvalue weighted by molar-refractivity contribution is 5.71. The van der Waals surface area contributed by atoms with Gasteiger partial charge in [0.15, 0.2) is 17.4 Å². The van der Waals surface area contributed by atoms with Crippen LogP contribution in [0.5, 0.6) is 5.75 Å². The Morgan fingerprint density at radius 3 is 2.60 bits per heavy atom. The van der Waals surface area contributed by atoms with Crippen LogP contribution in [0.15, 0.2) is 33.5 Å². The topological polar surface area (TPSA) is 97.0 Å². The minimum Gasteiger partial charge on any atom is -0.502 e. The number of hydrogen-bond acceptors (Lipinski definition) is 6. The number of esters is 1. The van der Waals surface area contributed by atoms with E-state index in [1.54, 1.807) is 6.92 Å². The van der Waals surface area contributed by atoms with Crippen molar-refractivity contribution in [2.24, 2.45) is 0 Å². The van der Waals surface area contributed by atoms with Gasteiger partial charge in [-0.3, -0.25) is 9.59 Å². The fraction of sp³-hybridized carbons (Fsp3) is 0.294. The Kier molecular flexibility index (Phi) is 5.87. The molecule has 2 N–H and O–H groups in total. The Balaban J connectivity index is 2.58. The molecule has 6 nitrogen and oxygen atoms in total. The molecule has 25 heavy (non-hydrogen) atoms. The monoisotopic (exact) mass is 354 g/mol. The van der Waals surface area contributed by atoms with E-state index in [9.17, 15) is 23.5 Å². The van der Waals surface area contributed by atoms with Gasteiger partial charge in [-0.15, -0.1) is 0 Å². The summed E-state index contributed by atoms with van der Waals surface area (Å²) in [6, 6.07) is 3.79. The van der Waals surface area contributed by atoms with Gasteiger partial charge in [-0.2, -0.15) is 0 Å². The van der Waals surface area contributed by atoms with Gasteiger partial charge in [-0.25, -0.2) is 8.78 Å². The first kappa shape index (κ1) is 18.6. The van der Waals surface area contributed by atoms with Gasteiger partial charge in [-0.1, -0.05) is 6.07 Å². The lowest BCUT2D eigenvalue weighted by molar-refractivity contribution is -0.143. The van der Waals surface area contributed by atoms with Crippen molar-refractivity contribution in [1.82, 2.24) is 0 Å². The number of carbonyl (C=O) groups excluding carboxylic acids is 1. The average Bonchev–Trinajstić information content (AvgIpc) is 2.58. The maximum absolute atomic E-state index is 13.6. The molecule has 0 radical (unpaired) electrons. The zero-order chi connectivity index (χ0) is 18.6. The third kappa shape index (κ3) is 4.21. The van der Waals surface area contributed by atoms with E-state index < -0.39 is 41.3 Å². The van der Waals surface area contributed by atoms with E-state index in [4.69, 9.17) is 14.3 Å². The van der Waals surface area contributed by atoms with Gasteiger partial charge in [0.05, 0.1) is 18.9 Å². The number of benzene rings is 1. The van der Waals surface area contributed by atoms with Crippen LogP contribution in [0.3, 0.4) is 0 Å². The lowest BCUT2D eigenvalue weighted by atomic mass is 9.92. The number of rotatable bonds is 6. The second-order valence-electron chi connectivity index (χ2n) is 5.18. The van der Waals surface area contributed by atoms with Crippen LogP contribution in [0.4, 0.5) is 8.78 Å². The Labute approximate surface area is 141 Å². The third-order valence-electron chi connectivity index (χ3n) is 3.49. The first-order chi connectivity index (χ1) is 11.9. The second kappa shape index (κ2) is 7.89. The lowest BCUT2D eigenvalue weighted by Crippen LogP contribution is -2.15. The summed E-state index contributed by atoms with van der Waals surface area (Å²) in [6.07, 6.45) is -0.385. The fourth-order valence-electron chi connectivity index (χ4n) is 2.35. The molecule has 134 valence electrons. The van der Waals surface area contributed by atoms with Crippen LogP contribution in [0, 0.1) is 11.6 Å². The Morgan fingerprint density at radius 1 is 1.28 bits per heavy atom.